The summed E-state index contributed by atoms with van der Waals surface area (Å²) in [6, 6.07) is 0.584. The average Bonchev–Trinajstić information content (AvgIpc) is 2.33. The van der Waals surface area contributed by atoms with Crippen LogP contribution in [0.2, 0.25) is 0 Å². The summed E-state index contributed by atoms with van der Waals surface area (Å²) >= 11 is 0. The SMILES string of the molecule is CCC1(C)CC(NCCOCCN(C)C)CCO1. The van der Waals surface area contributed by atoms with Crippen molar-refractivity contribution < 1.29 is 9.47 Å². The Morgan fingerprint density at radius 1 is 1.39 bits per heavy atom. The van der Waals surface area contributed by atoms with Crippen LogP contribution in [0.3, 0.4) is 0 Å². The van der Waals surface area contributed by atoms with Crippen molar-refractivity contribution in [2.75, 3.05) is 47.0 Å². The third-order valence-electron chi connectivity index (χ3n) is 3.71. The van der Waals surface area contributed by atoms with E-state index in [1.165, 1.54) is 0 Å². The molecule has 2 atom stereocenters. The summed E-state index contributed by atoms with van der Waals surface area (Å²) in [6.45, 7) is 8.84. The van der Waals surface area contributed by atoms with Crippen LogP contribution in [0.1, 0.15) is 33.1 Å². The molecule has 4 nitrogen and oxygen atoms in total. The van der Waals surface area contributed by atoms with Crippen LogP contribution >= 0.6 is 0 Å². The van der Waals surface area contributed by atoms with Crippen molar-refractivity contribution in [3.8, 4) is 0 Å². The minimum absolute atomic E-state index is 0.0711. The van der Waals surface area contributed by atoms with E-state index in [0.29, 0.717) is 6.04 Å². The van der Waals surface area contributed by atoms with Crippen LogP contribution in [0.25, 0.3) is 0 Å². The summed E-state index contributed by atoms with van der Waals surface area (Å²) in [6.07, 6.45) is 3.32. The second-order valence-electron chi connectivity index (χ2n) is 5.71. The lowest BCUT2D eigenvalue weighted by atomic mass is 9.90. The Hall–Kier alpha value is -0.160. The maximum atomic E-state index is 5.84. The standard InChI is InChI=1S/C14H30N2O2/c1-5-14(2)12-13(6-9-18-14)15-7-10-17-11-8-16(3)4/h13,15H,5-12H2,1-4H3. The van der Waals surface area contributed by atoms with E-state index in [2.05, 4.69) is 38.2 Å². The Labute approximate surface area is 112 Å². The van der Waals surface area contributed by atoms with Crippen LogP contribution in [0, 0.1) is 0 Å². The molecule has 1 heterocycles. The molecule has 0 amide bonds. The van der Waals surface area contributed by atoms with Gasteiger partial charge in [-0.1, -0.05) is 6.92 Å². The zero-order valence-corrected chi connectivity index (χ0v) is 12.5. The molecular formula is C14H30N2O2. The fourth-order valence-electron chi connectivity index (χ4n) is 2.23. The highest BCUT2D eigenvalue weighted by Crippen LogP contribution is 2.27. The molecule has 4 heteroatoms. The predicted molar refractivity (Wildman–Crippen MR) is 75.0 cm³/mol. The van der Waals surface area contributed by atoms with E-state index in [0.717, 1.165) is 52.2 Å². The smallest absolute Gasteiger partial charge is 0.0666 e. The molecular weight excluding hydrogens is 228 g/mol. The predicted octanol–water partition coefficient (Wildman–Crippen LogP) is 1.50. The van der Waals surface area contributed by atoms with E-state index in [1.54, 1.807) is 0 Å². The fraction of sp³-hybridized carbons (Fsp3) is 1.00. The van der Waals surface area contributed by atoms with Crippen LogP contribution in [0.4, 0.5) is 0 Å². The van der Waals surface area contributed by atoms with Gasteiger partial charge in [-0.25, -0.2) is 0 Å². The Kier molecular flexibility index (Phi) is 7.15. The second-order valence-corrected chi connectivity index (χ2v) is 5.71. The normalized spacial score (nSPS) is 28.8. The van der Waals surface area contributed by atoms with Crippen molar-refractivity contribution in [1.82, 2.24) is 10.2 Å². The van der Waals surface area contributed by atoms with Gasteiger partial charge in [0.2, 0.25) is 0 Å². The molecule has 0 aromatic heterocycles. The minimum atomic E-state index is 0.0711. The van der Waals surface area contributed by atoms with Gasteiger partial charge in [-0.15, -0.1) is 0 Å². The van der Waals surface area contributed by atoms with Gasteiger partial charge in [-0.05, 0) is 40.3 Å². The molecule has 1 rings (SSSR count). The van der Waals surface area contributed by atoms with Gasteiger partial charge in [0.05, 0.1) is 18.8 Å². The second kappa shape index (κ2) is 8.10. The van der Waals surface area contributed by atoms with Crippen molar-refractivity contribution in [2.45, 2.75) is 44.8 Å². The molecule has 2 unspecified atom stereocenters. The Balaban J connectivity index is 2.05. The monoisotopic (exact) mass is 258 g/mol. The zero-order valence-electron chi connectivity index (χ0n) is 12.5. The quantitative estimate of drug-likeness (QED) is 0.669. The molecule has 0 aromatic carbocycles. The molecule has 18 heavy (non-hydrogen) atoms. The number of nitrogens with one attached hydrogen (secondary N) is 1. The van der Waals surface area contributed by atoms with Crippen LogP contribution in [-0.4, -0.2) is 63.5 Å². The fourth-order valence-corrected chi connectivity index (χ4v) is 2.23. The molecule has 1 saturated heterocycles. The average molecular weight is 258 g/mol. The van der Waals surface area contributed by atoms with Crippen molar-refractivity contribution in [1.29, 1.82) is 0 Å². The van der Waals surface area contributed by atoms with E-state index >= 15 is 0 Å². The van der Waals surface area contributed by atoms with Crippen LogP contribution in [0.15, 0.2) is 0 Å². The maximum absolute atomic E-state index is 5.84. The highest BCUT2D eigenvalue weighted by molar-refractivity contribution is 4.85. The van der Waals surface area contributed by atoms with E-state index in [1.807, 2.05) is 0 Å². The van der Waals surface area contributed by atoms with Gasteiger partial charge in [0.25, 0.3) is 0 Å². The molecule has 1 aliphatic rings. The minimum Gasteiger partial charge on any atom is -0.379 e. The third-order valence-corrected chi connectivity index (χ3v) is 3.71. The van der Waals surface area contributed by atoms with Crippen LogP contribution in [-0.2, 0) is 9.47 Å². The number of hydrogen-bond donors (Lipinski definition) is 1. The first-order valence-electron chi connectivity index (χ1n) is 7.15. The number of likely N-dealkylation sites (N-methyl/N-ethyl adjacent to an activating group) is 1. The third kappa shape index (κ3) is 6.14. The molecule has 0 saturated carbocycles. The van der Waals surface area contributed by atoms with Gasteiger partial charge in [-0.3, -0.25) is 0 Å². The molecule has 0 spiro atoms. The Morgan fingerprint density at radius 3 is 2.83 bits per heavy atom. The first kappa shape index (κ1) is 15.9. The molecule has 0 radical (unpaired) electrons. The Bertz CT molecular complexity index is 224. The summed E-state index contributed by atoms with van der Waals surface area (Å²) in [5.74, 6) is 0. The zero-order chi connectivity index (χ0) is 13.4. The molecule has 0 bridgehead atoms. The lowest BCUT2D eigenvalue weighted by molar-refractivity contribution is -0.0783. The lowest BCUT2D eigenvalue weighted by Crippen LogP contribution is -2.45. The number of hydrogen-bond acceptors (Lipinski definition) is 4. The van der Waals surface area contributed by atoms with Crippen molar-refractivity contribution in [2.24, 2.45) is 0 Å². The highest BCUT2D eigenvalue weighted by Gasteiger charge is 2.31. The van der Waals surface area contributed by atoms with Crippen LogP contribution < -0.4 is 5.32 Å². The topological polar surface area (TPSA) is 33.7 Å². The number of rotatable bonds is 8. The highest BCUT2D eigenvalue weighted by atomic mass is 16.5. The molecule has 1 fully saturated rings. The van der Waals surface area contributed by atoms with E-state index in [-0.39, 0.29) is 5.60 Å². The van der Waals surface area contributed by atoms with E-state index in [9.17, 15) is 0 Å². The van der Waals surface area contributed by atoms with Crippen molar-refractivity contribution >= 4 is 0 Å². The van der Waals surface area contributed by atoms with Gasteiger partial charge < -0.3 is 19.7 Å². The molecule has 1 N–H and O–H groups in total. The van der Waals surface area contributed by atoms with E-state index in [4.69, 9.17) is 9.47 Å². The summed E-state index contributed by atoms with van der Waals surface area (Å²) in [5, 5.41) is 3.58. The molecule has 0 aromatic rings. The van der Waals surface area contributed by atoms with Gasteiger partial charge in [-0.2, -0.15) is 0 Å². The van der Waals surface area contributed by atoms with Gasteiger partial charge in [0.15, 0.2) is 0 Å². The molecule has 0 aliphatic carbocycles. The lowest BCUT2D eigenvalue weighted by Gasteiger charge is -2.38. The van der Waals surface area contributed by atoms with Gasteiger partial charge in [0, 0.05) is 25.7 Å². The Morgan fingerprint density at radius 2 is 2.17 bits per heavy atom. The first-order valence-corrected chi connectivity index (χ1v) is 7.15. The largest absolute Gasteiger partial charge is 0.379 e. The maximum Gasteiger partial charge on any atom is 0.0666 e. The van der Waals surface area contributed by atoms with Crippen molar-refractivity contribution in [3.05, 3.63) is 0 Å². The van der Waals surface area contributed by atoms with E-state index < -0.39 is 0 Å². The van der Waals surface area contributed by atoms with Crippen molar-refractivity contribution in [3.63, 3.8) is 0 Å². The van der Waals surface area contributed by atoms with Gasteiger partial charge in [0.1, 0.15) is 0 Å². The first-order chi connectivity index (χ1) is 8.56. The van der Waals surface area contributed by atoms with Crippen LogP contribution in [0.5, 0.6) is 0 Å². The molecule has 108 valence electrons. The summed E-state index contributed by atoms with van der Waals surface area (Å²) in [4.78, 5) is 2.14. The summed E-state index contributed by atoms with van der Waals surface area (Å²) < 4.78 is 11.4. The van der Waals surface area contributed by atoms with Gasteiger partial charge >= 0.3 is 0 Å². The number of nitrogens with zero attached hydrogens (tertiary/aromatic N) is 1. The summed E-state index contributed by atoms with van der Waals surface area (Å²) in [5.41, 5.74) is 0.0711. The summed E-state index contributed by atoms with van der Waals surface area (Å²) in [7, 11) is 4.13. The molecule has 1 aliphatic heterocycles. The number of ether oxygens (including phenoxy) is 2.